The van der Waals surface area contributed by atoms with Crippen LogP contribution in [0.15, 0.2) is 203 Å². The molecule has 0 saturated carbocycles. The van der Waals surface area contributed by atoms with Gasteiger partial charge in [0, 0.05) is 38.0 Å². The second kappa shape index (κ2) is 13.3. The van der Waals surface area contributed by atoms with Gasteiger partial charge in [0.25, 0.3) is 0 Å². The first-order valence-electron chi connectivity index (χ1n) is 21.5. The number of rotatable bonds is 5. The Morgan fingerprint density at radius 2 is 0.871 bits per heavy atom. The van der Waals surface area contributed by atoms with E-state index in [1.165, 1.54) is 54.2 Å². The van der Waals surface area contributed by atoms with E-state index in [0.29, 0.717) is 5.92 Å². The van der Waals surface area contributed by atoms with Crippen molar-refractivity contribution >= 4 is 115 Å². The van der Waals surface area contributed by atoms with Crippen molar-refractivity contribution in [3.8, 4) is 11.1 Å². The maximum atomic E-state index is 6.86. The van der Waals surface area contributed by atoms with Gasteiger partial charge in [0.2, 0.25) is 0 Å². The van der Waals surface area contributed by atoms with Crippen LogP contribution in [0.2, 0.25) is 0 Å². The average Bonchev–Trinajstić information content (AvgIpc) is 3.89. The summed E-state index contributed by atoms with van der Waals surface area (Å²) in [4.78, 5) is 2.42. The van der Waals surface area contributed by atoms with Crippen LogP contribution in [0, 0.1) is 0 Å². The maximum Gasteiger partial charge on any atom is 0.159 e. The van der Waals surface area contributed by atoms with E-state index in [4.69, 9.17) is 8.83 Å². The molecular formula is C59H39NO2. The summed E-state index contributed by atoms with van der Waals surface area (Å²) < 4.78 is 13.6. The highest BCUT2D eigenvalue weighted by molar-refractivity contribution is 6.29. The molecular weight excluding hydrogens is 755 g/mol. The van der Waals surface area contributed by atoms with Crippen LogP contribution in [0.3, 0.4) is 0 Å². The molecule has 0 spiro atoms. The molecule has 3 heteroatoms. The summed E-state index contributed by atoms with van der Waals surface area (Å²) in [6, 6.07) is 70.5. The van der Waals surface area contributed by atoms with Gasteiger partial charge in [-0.15, -0.1) is 0 Å². The normalized spacial score (nSPS) is 12.2. The Kier molecular flexibility index (Phi) is 7.50. The lowest BCUT2D eigenvalue weighted by Crippen LogP contribution is -2.12. The van der Waals surface area contributed by atoms with Gasteiger partial charge in [-0.2, -0.15) is 0 Å². The van der Waals surface area contributed by atoms with Crippen LogP contribution in [0.25, 0.3) is 109 Å². The molecule has 13 aromatic rings. The minimum atomic E-state index is 0.417. The monoisotopic (exact) mass is 793 g/mol. The van der Waals surface area contributed by atoms with Crippen molar-refractivity contribution in [2.45, 2.75) is 19.8 Å². The number of anilines is 3. The molecule has 11 aromatic carbocycles. The molecule has 0 radical (unpaired) electrons. The summed E-state index contributed by atoms with van der Waals surface area (Å²) in [5.74, 6) is 0.417. The zero-order valence-corrected chi connectivity index (χ0v) is 34.3. The minimum Gasteiger partial charge on any atom is -0.456 e. The van der Waals surface area contributed by atoms with Crippen LogP contribution in [0.4, 0.5) is 17.1 Å². The molecule has 0 N–H and O–H groups in total. The number of para-hydroxylation sites is 2. The Hall–Kier alpha value is -7.88. The number of furan rings is 2. The molecule has 2 aromatic heterocycles. The smallest absolute Gasteiger partial charge is 0.159 e. The lowest BCUT2D eigenvalue weighted by molar-refractivity contribution is 0.669. The first kappa shape index (κ1) is 34.9. The lowest BCUT2D eigenvalue weighted by Gasteiger charge is -2.29. The van der Waals surface area contributed by atoms with Crippen LogP contribution in [0.5, 0.6) is 0 Å². The predicted octanol–water partition coefficient (Wildman–Crippen LogP) is 17.5. The highest BCUT2D eigenvalue weighted by Gasteiger charge is 2.26. The fourth-order valence-electron chi connectivity index (χ4n) is 10.3. The van der Waals surface area contributed by atoms with Crippen LogP contribution in [0.1, 0.15) is 25.3 Å². The first-order chi connectivity index (χ1) is 30.6. The van der Waals surface area contributed by atoms with E-state index >= 15 is 0 Å². The van der Waals surface area contributed by atoms with Crippen molar-refractivity contribution < 1.29 is 8.83 Å². The van der Waals surface area contributed by atoms with Crippen LogP contribution >= 0.6 is 0 Å². The van der Waals surface area contributed by atoms with Crippen LogP contribution in [-0.2, 0) is 0 Å². The van der Waals surface area contributed by atoms with Gasteiger partial charge in [-0.3, -0.25) is 0 Å². The van der Waals surface area contributed by atoms with E-state index in [9.17, 15) is 0 Å². The Morgan fingerprint density at radius 3 is 1.52 bits per heavy atom. The van der Waals surface area contributed by atoms with Gasteiger partial charge in [-0.25, -0.2) is 0 Å². The summed E-state index contributed by atoms with van der Waals surface area (Å²) in [6.45, 7) is 4.49. The maximum absolute atomic E-state index is 6.86. The zero-order valence-electron chi connectivity index (χ0n) is 34.3. The topological polar surface area (TPSA) is 29.5 Å². The van der Waals surface area contributed by atoms with Gasteiger partial charge in [0.15, 0.2) is 5.58 Å². The lowest BCUT2D eigenvalue weighted by atomic mass is 9.89. The standard InChI is InChI=1S/C59H39NO2/c1-35(2)36-26-29-38(30-27-36)60(53-24-13-23-49-43-18-11-12-25-54(43)62-59(49)53)58-47-21-9-7-19-45(47)57(46-20-8-10-22-48(46)58)37-28-31-44-52-33-50-41-16-5-3-14-39(41)40-15-4-6-17-42(40)51(50)34-56(52)61-55(44)32-37/h3-35H,1-2H3. The minimum absolute atomic E-state index is 0.417. The third-order valence-corrected chi connectivity index (χ3v) is 13.2. The number of hydrogen-bond acceptors (Lipinski definition) is 3. The summed E-state index contributed by atoms with van der Waals surface area (Å²) >= 11 is 0. The van der Waals surface area contributed by atoms with Crippen LogP contribution < -0.4 is 4.90 Å². The molecule has 13 rings (SSSR count). The second-order valence-corrected chi connectivity index (χ2v) is 16.9. The van der Waals surface area contributed by atoms with Crippen molar-refractivity contribution in [3.63, 3.8) is 0 Å². The van der Waals surface area contributed by atoms with Crippen molar-refractivity contribution in [2.24, 2.45) is 0 Å². The molecule has 0 amide bonds. The summed E-state index contributed by atoms with van der Waals surface area (Å²) in [5, 5.41) is 16.6. The van der Waals surface area contributed by atoms with Gasteiger partial charge in [-0.05, 0) is 114 Å². The molecule has 3 nitrogen and oxygen atoms in total. The number of hydrogen-bond donors (Lipinski definition) is 0. The fraction of sp³-hybridized carbons (Fsp3) is 0.0508. The second-order valence-electron chi connectivity index (χ2n) is 16.9. The van der Waals surface area contributed by atoms with Gasteiger partial charge in [0.1, 0.15) is 16.7 Å². The van der Waals surface area contributed by atoms with E-state index in [1.807, 2.05) is 6.07 Å². The van der Waals surface area contributed by atoms with E-state index in [0.717, 1.165) is 77.3 Å². The highest BCUT2D eigenvalue weighted by atomic mass is 16.3. The summed E-state index contributed by atoms with van der Waals surface area (Å²) in [6.07, 6.45) is 0. The fourth-order valence-corrected chi connectivity index (χ4v) is 10.3. The van der Waals surface area contributed by atoms with Crippen molar-refractivity contribution in [3.05, 3.63) is 200 Å². The van der Waals surface area contributed by atoms with Gasteiger partial charge < -0.3 is 13.7 Å². The molecule has 0 atom stereocenters. The Morgan fingerprint density at radius 1 is 0.355 bits per heavy atom. The van der Waals surface area contributed by atoms with E-state index in [-0.39, 0.29) is 0 Å². The average molecular weight is 794 g/mol. The number of fused-ring (bicyclic) bond motifs is 14. The molecule has 0 bridgehead atoms. The van der Waals surface area contributed by atoms with E-state index in [2.05, 4.69) is 207 Å². The first-order valence-corrected chi connectivity index (χ1v) is 21.5. The molecule has 62 heavy (non-hydrogen) atoms. The molecule has 292 valence electrons. The van der Waals surface area contributed by atoms with Crippen molar-refractivity contribution in [1.29, 1.82) is 0 Å². The Balaban J connectivity index is 1.07. The van der Waals surface area contributed by atoms with Crippen molar-refractivity contribution in [1.82, 2.24) is 0 Å². The van der Waals surface area contributed by atoms with Gasteiger partial charge >= 0.3 is 0 Å². The zero-order chi connectivity index (χ0) is 41.1. The highest BCUT2D eigenvalue weighted by Crippen LogP contribution is 2.51. The molecule has 0 unspecified atom stereocenters. The van der Waals surface area contributed by atoms with E-state index < -0.39 is 0 Å². The van der Waals surface area contributed by atoms with Crippen LogP contribution in [-0.4, -0.2) is 0 Å². The predicted molar refractivity (Wildman–Crippen MR) is 263 cm³/mol. The molecule has 0 aliphatic carbocycles. The third-order valence-electron chi connectivity index (χ3n) is 13.2. The Labute approximate surface area is 357 Å². The molecule has 0 aliphatic rings. The van der Waals surface area contributed by atoms with Crippen molar-refractivity contribution in [2.75, 3.05) is 4.90 Å². The quantitative estimate of drug-likeness (QED) is 0.128. The number of nitrogens with zero attached hydrogens (tertiary/aromatic N) is 1. The molecule has 0 saturated heterocycles. The number of benzene rings is 11. The van der Waals surface area contributed by atoms with Gasteiger partial charge in [0.05, 0.1) is 11.4 Å². The SMILES string of the molecule is CC(C)c1ccc(N(c2c3ccccc3c(-c3ccc4c(c3)oc3cc5c6ccccc6c6ccccc6c5cc34)c3ccccc23)c2cccc3c2oc2ccccc23)cc1. The van der Waals surface area contributed by atoms with E-state index in [1.54, 1.807) is 0 Å². The summed E-state index contributed by atoms with van der Waals surface area (Å²) in [7, 11) is 0. The van der Waals surface area contributed by atoms with Gasteiger partial charge in [-0.1, -0.05) is 159 Å². The molecule has 2 heterocycles. The Bertz CT molecular complexity index is 3900. The molecule has 0 aliphatic heterocycles. The summed E-state index contributed by atoms with van der Waals surface area (Å²) in [5.41, 5.74) is 10.3. The largest absolute Gasteiger partial charge is 0.456 e. The third kappa shape index (κ3) is 5.06. The molecule has 0 fully saturated rings.